The van der Waals surface area contributed by atoms with E-state index in [1.54, 1.807) is 24.3 Å². The molecule has 2 aromatic carbocycles. The van der Waals surface area contributed by atoms with Crippen LogP contribution in [0.5, 0.6) is 0 Å². The molecule has 0 radical (unpaired) electrons. The van der Waals surface area contributed by atoms with Crippen LogP contribution in [0.4, 0.5) is 11.4 Å². The van der Waals surface area contributed by atoms with Crippen LogP contribution in [0.25, 0.3) is 0 Å². The minimum absolute atomic E-state index is 0.00177. The SMILES string of the molecule is Nc1ccc(Cc2ccc(N)c(C(=O)O)c2)cc1COO. The molecule has 21 heavy (non-hydrogen) atoms. The Morgan fingerprint density at radius 2 is 1.67 bits per heavy atom. The maximum Gasteiger partial charge on any atom is 0.337 e. The third-order valence-electron chi connectivity index (χ3n) is 3.18. The summed E-state index contributed by atoms with van der Waals surface area (Å²) >= 11 is 0. The third kappa shape index (κ3) is 3.50. The van der Waals surface area contributed by atoms with E-state index < -0.39 is 5.97 Å². The first-order chi connectivity index (χ1) is 10.0. The van der Waals surface area contributed by atoms with Crippen molar-refractivity contribution in [3.05, 3.63) is 58.7 Å². The summed E-state index contributed by atoms with van der Waals surface area (Å²) in [4.78, 5) is 15.2. The summed E-state index contributed by atoms with van der Waals surface area (Å²) in [6, 6.07) is 10.3. The lowest BCUT2D eigenvalue weighted by Gasteiger charge is -2.09. The van der Waals surface area contributed by atoms with Crippen LogP contribution < -0.4 is 11.5 Å². The lowest BCUT2D eigenvalue weighted by Crippen LogP contribution is -2.04. The van der Waals surface area contributed by atoms with Gasteiger partial charge in [0, 0.05) is 16.9 Å². The van der Waals surface area contributed by atoms with Crippen molar-refractivity contribution < 1.29 is 20.0 Å². The van der Waals surface area contributed by atoms with Crippen LogP contribution in [0.3, 0.4) is 0 Å². The number of anilines is 2. The fourth-order valence-corrected chi connectivity index (χ4v) is 2.10. The van der Waals surface area contributed by atoms with Crippen molar-refractivity contribution in [2.75, 3.05) is 11.5 Å². The minimum atomic E-state index is -1.05. The van der Waals surface area contributed by atoms with Crippen molar-refractivity contribution in [3.8, 4) is 0 Å². The Morgan fingerprint density at radius 3 is 2.29 bits per heavy atom. The van der Waals surface area contributed by atoms with Crippen molar-refractivity contribution in [1.29, 1.82) is 0 Å². The molecular formula is C15H16N2O4. The van der Waals surface area contributed by atoms with E-state index in [1.807, 2.05) is 12.1 Å². The Kier molecular flexibility index (Phi) is 4.42. The highest BCUT2D eigenvalue weighted by atomic mass is 17.1. The van der Waals surface area contributed by atoms with E-state index in [9.17, 15) is 4.79 Å². The van der Waals surface area contributed by atoms with Gasteiger partial charge in [-0.05, 0) is 35.7 Å². The number of aromatic carboxylic acids is 1. The number of carbonyl (C=O) groups is 1. The molecule has 0 bridgehead atoms. The number of nitrogens with two attached hydrogens (primary N) is 2. The molecular weight excluding hydrogens is 272 g/mol. The van der Waals surface area contributed by atoms with Gasteiger partial charge in [-0.25, -0.2) is 9.68 Å². The van der Waals surface area contributed by atoms with Gasteiger partial charge in [0.15, 0.2) is 0 Å². The van der Waals surface area contributed by atoms with Crippen LogP contribution in [0.2, 0.25) is 0 Å². The van der Waals surface area contributed by atoms with E-state index in [-0.39, 0.29) is 17.9 Å². The van der Waals surface area contributed by atoms with Gasteiger partial charge in [0.05, 0.1) is 5.56 Å². The van der Waals surface area contributed by atoms with E-state index in [0.717, 1.165) is 11.1 Å². The molecule has 6 heteroatoms. The Labute approximate surface area is 121 Å². The smallest absolute Gasteiger partial charge is 0.337 e. The second-order valence-corrected chi connectivity index (χ2v) is 4.71. The zero-order valence-electron chi connectivity index (χ0n) is 11.2. The molecule has 0 aliphatic heterocycles. The van der Waals surface area contributed by atoms with Crippen molar-refractivity contribution >= 4 is 17.3 Å². The van der Waals surface area contributed by atoms with Gasteiger partial charge in [-0.15, -0.1) is 0 Å². The van der Waals surface area contributed by atoms with E-state index in [2.05, 4.69) is 4.89 Å². The van der Waals surface area contributed by atoms with E-state index in [4.69, 9.17) is 21.8 Å². The Bertz CT molecular complexity index is 671. The second-order valence-electron chi connectivity index (χ2n) is 4.71. The molecule has 0 aliphatic carbocycles. The zero-order chi connectivity index (χ0) is 15.4. The first-order valence-corrected chi connectivity index (χ1v) is 6.26. The quantitative estimate of drug-likeness (QED) is 0.380. The predicted octanol–water partition coefficient (Wildman–Crippen LogP) is 2.13. The molecule has 0 amide bonds. The summed E-state index contributed by atoms with van der Waals surface area (Å²) in [6.07, 6.45) is 0.527. The lowest BCUT2D eigenvalue weighted by molar-refractivity contribution is -0.252. The Hall–Kier alpha value is -2.57. The number of hydrogen-bond acceptors (Lipinski definition) is 5. The highest BCUT2D eigenvalue weighted by Crippen LogP contribution is 2.20. The lowest BCUT2D eigenvalue weighted by atomic mass is 10.00. The standard InChI is InChI=1S/C15H16N2O4/c16-13-3-1-9(6-11(13)8-21-20)5-10-2-4-14(17)12(7-10)15(18)19/h1-4,6-7,20H,5,8,16-17H2,(H,18,19). The number of benzene rings is 2. The molecule has 0 saturated heterocycles. The highest BCUT2D eigenvalue weighted by Gasteiger charge is 2.09. The van der Waals surface area contributed by atoms with Gasteiger partial charge in [-0.2, -0.15) is 0 Å². The normalized spacial score (nSPS) is 10.5. The topological polar surface area (TPSA) is 119 Å². The summed E-state index contributed by atoms with van der Waals surface area (Å²) in [6.45, 7) is 0.00177. The second kappa shape index (κ2) is 6.25. The molecule has 0 fully saturated rings. The summed E-state index contributed by atoms with van der Waals surface area (Å²) < 4.78 is 0. The molecule has 0 aliphatic rings. The largest absolute Gasteiger partial charge is 0.478 e. The fourth-order valence-electron chi connectivity index (χ4n) is 2.10. The molecule has 110 valence electrons. The molecule has 0 spiro atoms. The fraction of sp³-hybridized carbons (Fsp3) is 0.133. The predicted molar refractivity (Wildman–Crippen MR) is 78.9 cm³/mol. The van der Waals surface area contributed by atoms with E-state index in [1.165, 1.54) is 0 Å². The summed E-state index contributed by atoms with van der Waals surface area (Å²) in [5.74, 6) is -1.05. The average molecular weight is 288 g/mol. The zero-order valence-corrected chi connectivity index (χ0v) is 11.2. The summed E-state index contributed by atoms with van der Waals surface area (Å²) in [5.41, 5.74) is 14.7. The number of carboxylic acid groups (broad SMARTS) is 1. The molecule has 0 heterocycles. The van der Waals surface area contributed by atoms with Crippen LogP contribution in [-0.4, -0.2) is 16.3 Å². The van der Waals surface area contributed by atoms with Crippen molar-refractivity contribution in [3.63, 3.8) is 0 Å². The van der Waals surface area contributed by atoms with E-state index in [0.29, 0.717) is 17.7 Å². The van der Waals surface area contributed by atoms with Gasteiger partial charge in [0.1, 0.15) is 6.61 Å². The molecule has 6 nitrogen and oxygen atoms in total. The minimum Gasteiger partial charge on any atom is -0.478 e. The molecule has 2 aromatic rings. The Balaban J connectivity index is 2.28. The number of rotatable bonds is 5. The number of nitrogen functional groups attached to an aromatic ring is 2. The summed E-state index contributed by atoms with van der Waals surface area (Å²) in [7, 11) is 0. The monoisotopic (exact) mass is 288 g/mol. The van der Waals surface area contributed by atoms with Crippen LogP contribution >= 0.6 is 0 Å². The van der Waals surface area contributed by atoms with Crippen LogP contribution in [0.1, 0.15) is 27.0 Å². The van der Waals surface area contributed by atoms with Crippen LogP contribution in [0.15, 0.2) is 36.4 Å². The van der Waals surface area contributed by atoms with Gasteiger partial charge in [0.2, 0.25) is 0 Å². The van der Waals surface area contributed by atoms with E-state index >= 15 is 0 Å². The van der Waals surface area contributed by atoms with Gasteiger partial charge in [0.25, 0.3) is 0 Å². The van der Waals surface area contributed by atoms with Crippen LogP contribution in [-0.2, 0) is 17.9 Å². The number of hydrogen-bond donors (Lipinski definition) is 4. The maximum atomic E-state index is 11.1. The highest BCUT2D eigenvalue weighted by molar-refractivity contribution is 5.93. The van der Waals surface area contributed by atoms with Gasteiger partial charge < -0.3 is 16.6 Å². The molecule has 6 N–H and O–H groups in total. The average Bonchev–Trinajstić information content (AvgIpc) is 2.44. The Morgan fingerprint density at radius 1 is 1.05 bits per heavy atom. The summed E-state index contributed by atoms with van der Waals surface area (Å²) in [5, 5.41) is 17.6. The van der Waals surface area contributed by atoms with Gasteiger partial charge >= 0.3 is 5.97 Å². The van der Waals surface area contributed by atoms with Gasteiger partial charge in [-0.3, -0.25) is 5.26 Å². The molecule has 0 aromatic heterocycles. The molecule has 2 rings (SSSR count). The first kappa shape index (κ1) is 14.8. The third-order valence-corrected chi connectivity index (χ3v) is 3.18. The first-order valence-electron chi connectivity index (χ1n) is 6.26. The molecule has 0 unspecified atom stereocenters. The molecule has 0 saturated carbocycles. The maximum absolute atomic E-state index is 11.1. The van der Waals surface area contributed by atoms with Crippen molar-refractivity contribution in [2.45, 2.75) is 13.0 Å². The number of carboxylic acids is 1. The van der Waals surface area contributed by atoms with Crippen molar-refractivity contribution in [2.24, 2.45) is 0 Å². The van der Waals surface area contributed by atoms with Crippen LogP contribution in [0, 0.1) is 0 Å². The van der Waals surface area contributed by atoms with Crippen molar-refractivity contribution in [1.82, 2.24) is 0 Å². The van der Waals surface area contributed by atoms with Gasteiger partial charge in [-0.1, -0.05) is 18.2 Å². The molecule has 0 atom stereocenters.